The predicted octanol–water partition coefficient (Wildman–Crippen LogP) is 2.90. The zero-order valence-electron chi connectivity index (χ0n) is 18.1. The third-order valence-corrected chi connectivity index (χ3v) is 5.19. The van der Waals surface area contributed by atoms with Gasteiger partial charge in [0.25, 0.3) is 0 Å². The summed E-state index contributed by atoms with van der Waals surface area (Å²) in [5.74, 6) is 0. The molecule has 0 saturated carbocycles. The van der Waals surface area contributed by atoms with E-state index in [-0.39, 0.29) is 13.4 Å². The van der Waals surface area contributed by atoms with Crippen molar-refractivity contribution in [3.63, 3.8) is 0 Å². The van der Waals surface area contributed by atoms with Gasteiger partial charge in [-0.15, -0.1) is 0 Å². The van der Waals surface area contributed by atoms with Crippen LogP contribution in [-0.4, -0.2) is 63.4 Å². The molecule has 2 aromatic carbocycles. The molecule has 1 aliphatic heterocycles. The minimum Gasteiger partial charge on any atom is -0.396 e. The molecule has 3 rings (SSSR count). The van der Waals surface area contributed by atoms with Gasteiger partial charge >= 0.3 is 0 Å². The van der Waals surface area contributed by atoms with Crippen LogP contribution in [0, 0.1) is 0 Å². The number of hydrogen-bond donors (Lipinski definition) is 1. The molecular formula is C24H32O7. The van der Waals surface area contributed by atoms with E-state index in [1.54, 1.807) is 14.2 Å². The van der Waals surface area contributed by atoms with Gasteiger partial charge in [-0.1, -0.05) is 60.7 Å². The van der Waals surface area contributed by atoms with E-state index < -0.39 is 30.7 Å². The Labute approximate surface area is 183 Å². The molecule has 0 aliphatic carbocycles. The number of rotatable bonds is 12. The molecule has 0 aromatic heterocycles. The van der Waals surface area contributed by atoms with Crippen LogP contribution in [0.1, 0.15) is 17.5 Å². The third-order valence-electron chi connectivity index (χ3n) is 5.19. The quantitative estimate of drug-likeness (QED) is 0.517. The molecule has 1 heterocycles. The molecule has 5 atom stereocenters. The molecule has 1 fully saturated rings. The normalized spacial score (nSPS) is 26.1. The lowest BCUT2D eigenvalue weighted by Crippen LogP contribution is -2.60. The molecule has 2 aromatic rings. The monoisotopic (exact) mass is 432 g/mol. The Bertz CT molecular complexity index is 727. The first-order valence-electron chi connectivity index (χ1n) is 10.5. The van der Waals surface area contributed by atoms with E-state index in [1.807, 2.05) is 60.7 Å². The predicted molar refractivity (Wildman–Crippen MR) is 114 cm³/mol. The van der Waals surface area contributed by atoms with Crippen molar-refractivity contribution >= 4 is 0 Å². The Balaban J connectivity index is 1.82. The Morgan fingerprint density at radius 2 is 1.35 bits per heavy atom. The molecule has 170 valence electrons. The maximum Gasteiger partial charge on any atom is 0.186 e. The van der Waals surface area contributed by atoms with E-state index in [2.05, 4.69) is 0 Å². The van der Waals surface area contributed by atoms with Crippen molar-refractivity contribution in [2.24, 2.45) is 0 Å². The van der Waals surface area contributed by atoms with Crippen molar-refractivity contribution < 1.29 is 33.5 Å². The zero-order valence-corrected chi connectivity index (χ0v) is 18.1. The number of benzene rings is 2. The van der Waals surface area contributed by atoms with Crippen LogP contribution in [0.5, 0.6) is 0 Å². The number of ether oxygens (including phenoxy) is 6. The summed E-state index contributed by atoms with van der Waals surface area (Å²) in [6, 6.07) is 19.8. The number of aliphatic hydroxyl groups is 1. The summed E-state index contributed by atoms with van der Waals surface area (Å²) in [5, 5.41) is 9.55. The van der Waals surface area contributed by atoms with Gasteiger partial charge in [-0.2, -0.15) is 0 Å². The van der Waals surface area contributed by atoms with E-state index >= 15 is 0 Å². The van der Waals surface area contributed by atoms with Crippen molar-refractivity contribution in [2.75, 3.05) is 27.6 Å². The van der Waals surface area contributed by atoms with Crippen molar-refractivity contribution in [1.82, 2.24) is 0 Å². The molecule has 31 heavy (non-hydrogen) atoms. The molecule has 7 nitrogen and oxygen atoms in total. The summed E-state index contributed by atoms with van der Waals surface area (Å²) in [6.07, 6.45) is -2.24. The van der Waals surface area contributed by atoms with Crippen LogP contribution in [0.4, 0.5) is 0 Å². The van der Waals surface area contributed by atoms with Crippen molar-refractivity contribution in [1.29, 1.82) is 0 Å². The summed E-state index contributed by atoms with van der Waals surface area (Å²) in [4.78, 5) is 0. The Morgan fingerprint density at radius 3 is 1.87 bits per heavy atom. The molecule has 0 spiro atoms. The maximum atomic E-state index is 9.55. The van der Waals surface area contributed by atoms with Crippen LogP contribution < -0.4 is 0 Å². The smallest absolute Gasteiger partial charge is 0.186 e. The van der Waals surface area contributed by atoms with Gasteiger partial charge in [-0.05, 0) is 17.5 Å². The van der Waals surface area contributed by atoms with Gasteiger partial charge in [0.2, 0.25) is 0 Å². The highest BCUT2D eigenvalue weighted by Gasteiger charge is 2.48. The highest BCUT2D eigenvalue weighted by Crippen LogP contribution is 2.31. The lowest BCUT2D eigenvalue weighted by molar-refractivity contribution is -0.324. The summed E-state index contributed by atoms with van der Waals surface area (Å²) in [6.45, 7) is 0.784. The average molecular weight is 433 g/mol. The maximum absolute atomic E-state index is 9.55. The average Bonchev–Trinajstić information content (AvgIpc) is 2.82. The van der Waals surface area contributed by atoms with Crippen LogP contribution >= 0.6 is 0 Å². The molecule has 0 radical (unpaired) electrons. The highest BCUT2D eigenvalue weighted by molar-refractivity contribution is 5.14. The fourth-order valence-electron chi connectivity index (χ4n) is 3.67. The first-order chi connectivity index (χ1) is 15.3. The van der Waals surface area contributed by atoms with Gasteiger partial charge in [-0.25, -0.2) is 0 Å². The number of methoxy groups -OCH3 is 2. The van der Waals surface area contributed by atoms with Crippen molar-refractivity contribution in [3.8, 4) is 0 Å². The van der Waals surface area contributed by atoms with Crippen LogP contribution in [-0.2, 0) is 41.6 Å². The SMILES string of the molecule is COCO[C@@H]1[C@H](OCc2ccccc2)[C@@H](OCc2ccccc2)[C@@H](OC)O[C@@H]1CCO. The first kappa shape index (κ1) is 23.8. The second-order valence-corrected chi connectivity index (χ2v) is 7.35. The van der Waals surface area contributed by atoms with Gasteiger partial charge in [0.1, 0.15) is 25.1 Å². The number of hydrogen-bond acceptors (Lipinski definition) is 7. The summed E-state index contributed by atoms with van der Waals surface area (Å²) < 4.78 is 35.4. The van der Waals surface area contributed by atoms with E-state index in [4.69, 9.17) is 28.4 Å². The Hall–Kier alpha value is -1.84. The van der Waals surface area contributed by atoms with Crippen LogP contribution in [0.3, 0.4) is 0 Å². The largest absolute Gasteiger partial charge is 0.396 e. The van der Waals surface area contributed by atoms with E-state index in [0.29, 0.717) is 19.6 Å². The Kier molecular flexibility index (Phi) is 9.89. The lowest BCUT2D eigenvalue weighted by atomic mass is 9.96. The van der Waals surface area contributed by atoms with Crippen LogP contribution in [0.15, 0.2) is 60.7 Å². The molecule has 0 amide bonds. The second kappa shape index (κ2) is 12.9. The molecule has 1 aliphatic rings. The van der Waals surface area contributed by atoms with Crippen molar-refractivity contribution in [2.45, 2.75) is 50.3 Å². The minimum absolute atomic E-state index is 0.0467. The third kappa shape index (κ3) is 6.82. The lowest BCUT2D eigenvalue weighted by Gasteiger charge is -2.45. The van der Waals surface area contributed by atoms with E-state index in [0.717, 1.165) is 11.1 Å². The molecule has 1 saturated heterocycles. The molecule has 7 heteroatoms. The van der Waals surface area contributed by atoms with Crippen LogP contribution in [0.2, 0.25) is 0 Å². The molecule has 0 unspecified atom stereocenters. The highest BCUT2D eigenvalue weighted by atomic mass is 16.7. The second-order valence-electron chi connectivity index (χ2n) is 7.35. The van der Waals surface area contributed by atoms with Crippen molar-refractivity contribution in [3.05, 3.63) is 71.8 Å². The fraction of sp³-hybridized carbons (Fsp3) is 0.500. The van der Waals surface area contributed by atoms with Gasteiger partial charge in [0.05, 0.1) is 19.3 Å². The standard InChI is InChI=1S/C24H32O7/c1-26-17-30-21-20(13-14-25)31-24(27-2)23(29-16-19-11-7-4-8-12-19)22(21)28-15-18-9-5-3-6-10-18/h3-12,20-25H,13-17H2,1-2H3/t20-,21+,22+,23-,24+/m1/s1. The molecular weight excluding hydrogens is 400 g/mol. The first-order valence-corrected chi connectivity index (χ1v) is 10.5. The Morgan fingerprint density at radius 1 is 0.774 bits per heavy atom. The molecule has 1 N–H and O–H groups in total. The van der Waals surface area contributed by atoms with E-state index in [9.17, 15) is 5.11 Å². The number of aliphatic hydroxyl groups excluding tert-OH is 1. The van der Waals surface area contributed by atoms with Crippen LogP contribution in [0.25, 0.3) is 0 Å². The summed E-state index contributed by atoms with van der Waals surface area (Å²) in [5.41, 5.74) is 2.07. The van der Waals surface area contributed by atoms with Gasteiger partial charge in [0, 0.05) is 20.8 Å². The van der Waals surface area contributed by atoms with Gasteiger partial charge < -0.3 is 33.5 Å². The fourth-order valence-corrected chi connectivity index (χ4v) is 3.67. The minimum atomic E-state index is -0.663. The van der Waals surface area contributed by atoms with E-state index in [1.165, 1.54) is 0 Å². The van der Waals surface area contributed by atoms with Gasteiger partial charge in [0.15, 0.2) is 6.29 Å². The summed E-state index contributed by atoms with van der Waals surface area (Å²) in [7, 11) is 3.13. The summed E-state index contributed by atoms with van der Waals surface area (Å²) >= 11 is 0. The zero-order chi connectivity index (χ0) is 21.9. The topological polar surface area (TPSA) is 75.6 Å². The molecule has 0 bridgehead atoms. The van der Waals surface area contributed by atoms with Gasteiger partial charge in [-0.3, -0.25) is 0 Å².